The first-order valence-corrected chi connectivity index (χ1v) is 8.37. The Balaban J connectivity index is 2.23. The summed E-state index contributed by atoms with van der Waals surface area (Å²) in [5, 5.41) is 14.6. The van der Waals surface area contributed by atoms with E-state index in [0.717, 1.165) is 25.1 Å². The highest BCUT2D eigenvalue weighted by Gasteiger charge is 2.34. The lowest BCUT2D eigenvalue weighted by atomic mass is 9.85. The minimum Gasteiger partial charge on any atom is -0.480 e. The number of carboxylic acids is 1. The molecule has 0 aromatic carbocycles. The lowest BCUT2D eigenvalue weighted by Gasteiger charge is -2.42. The quantitative estimate of drug-likeness (QED) is 0.622. The molecular formula is C13H25N3O3S. The summed E-state index contributed by atoms with van der Waals surface area (Å²) in [5.41, 5.74) is 0. The zero-order chi connectivity index (χ0) is 15.1. The number of hydrogen-bond acceptors (Lipinski definition) is 4. The second-order valence-electron chi connectivity index (χ2n) is 5.25. The first kappa shape index (κ1) is 17.1. The number of likely N-dealkylation sites (N-methyl/N-ethyl adjacent to an activating group) is 1. The van der Waals surface area contributed by atoms with Gasteiger partial charge in [-0.15, -0.1) is 0 Å². The summed E-state index contributed by atoms with van der Waals surface area (Å²) in [4.78, 5) is 24.4. The Morgan fingerprint density at radius 1 is 1.45 bits per heavy atom. The minimum absolute atomic E-state index is 0.0742. The molecule has 1 rings (SSSR count). The van der Waals surface area contributed by atoms with Gasteiger partial charge in [-0.05, 0) is 32.6 Å². The Bertz CT molecular complexity index is 335. The smallest absolute Gasteiger partial charge is 0.317 e. The summed E-state index contributed by atoms with van der Waals surface area (Å²) in [6, 6.07) is 0.450. The Labute approximate surface area is 124 Å². The monoisotopic (exact) mass is 303 g/mol. The predicted molar refractivity (Wildman–Crippen MR) is 81.2 cm³/mol. The number of nitrogens with one attached hydrogen (secondary N) is 2. The standard InChI is InChI=1S/C13H25N3O3S/c1-4-16(7-12(17)18)11-5-10(6-11)15-13(19)14-9(2)8-20-3/h9-11H,4-8H2,1-3H3,(H,17,18)(H2,14,15,19). The Kier molecular flexibility index (Phi) is 7.15. The summed E-state index contributed by atoms with van der Waals surface area (Å²) in [6.07, 6.45) is 3.66. The predicted octanol–water partition coefficient (Wildman–Crippen LogP) is 0.975. The summed E-state index contributed by atoms with van der Waals surface area (Å²) in [7, 11) is 0. The zero-order valence-corrected chi connectivity index (χ0v) is 13.2. The molecule has 1 unspecified atom stereocenters. The molecule has 1 aliphatic rings. The van der Waals surface area contributed by atoms with Crippen molar-refractivity contribution in [1.82, 2.24) is 15.5 Å². The fraction of sp³-hybridized carbons (Fsp3) is 0.846. The average Bonchev–Trinajstić information content (AvgIpc) is 2.30. The van der Waals surface area contributed by atoms with Gasteiger partial charge in [-0.2, -0.15) is 11.8 Å². The van der Waals surface area contributed by atoms with Crippen LogP contribution in [0.2, 0.25) is 0 Å². The fourth-order valence-electron chi connectivity index (χ4n) is 2.42. The molecule has 0 heterocycles. The van der Waals surface area contributed by atoms with Gasteiger partial charge in [0.2, 0.25) is 0 Å². The summed E-state index contributed by atoms with van der Waals surface area (Å²) in [5.74, 6) is 0.0926. The van der Waals surface area contributed by atoms with Crippen molar-refractivity contribution in [2.45, 2.75) is 44.8 Å². The van der Waals surface area contributed by atoms with Crippen LogP contribution in [0.5, 0.6) is 0 Å². The van der Waals surface area contributed by atoms with Crippen LogP contribution in [0.15, 0.2) is 0 Å². The number of amides is 2. The van der Waals surface area contributed by atoms with Crippen molar-refractivity contribution in [1.29, 1.82) is 0 Å². The van der Waals surface area contributed by atoms with Gasteiger partial charge in [0.05, 0.1) is 6.54 Å². The fourth-order valence-corrected chi connectivity index (χ4v) is 3.00. The number of nitrogens with zero attached hydrogens (tertiary/aromatic N) is 1. The van der Waals surface area contributed by atoms with Crippen molar-refractivity contribution in [2.24, 2.45) is 0 Å². The second-order valence-corrected chi connectivity index (χ2v) is 6.16. The third kappa shape index (κ3) is 5.58. The molecular weight excluding hydrogens is 278 g/mol. The van der Waals surface area contributed by atoms with Crippen LogP contribution in [0.3, 0.4) is 0 Å². The van der Waals surface area contributed by atoms with Crippen molar-refractivity contribution in [3.8, 4) is 0 Å². The van der Waals surface area contributed by atoms with E-state index in [1.807, 2.05) is 25.0 Å². The molecule has 0 bridgehead atoms. The third-order valence-corrected chi connectivity index (χ3v) is 4.34. The Morgan fingerprint density at radius 2 is 2.10 bits per heavy atom. The number of urea groups is 1. The van der Waals surface area contributed by atoms with Crippen molar-refractivity contribution < 1.29 is 14.7 Å². The number of thioether (sulfide) groups is 1. The maximum atomic E-state index is 11.7. The van der Waals surface area contributed by atoms with Crippen LogP contribution in [0.1, 0.15) is 26.7 Å². The van der Waals surface area contributed by atoms with Gasteiger partial charge in [-0.3, -0.25) is 9.69 Å². The molecule has 0 saturated heterocycles. The lowest BCUT2D eigenvalue weighted by molar-refractivity contribution is -0.139. The summed E-state index contributed by atoms with van der Waals surface area (Å²) < 4.78 is 0. The van der Waals surface area contributed by atoms with E-state index in [1.165, 1.54) is 0 Å². The van der Waals surface area contributed by atoms with Crippen LogP contribution >= 0.6 is 11.8 Å². The van der Waals surface area contributed by atoms with Gasteiger partial charge < -0.3 is 15.7 Å². The van der Waals surface area contributed by atoms with E-state index in [0.29, 0.717) is 0 Å². The van der Waals surface area contributed by atoms with Crippen LogP contribution < -0.4 is 10.6 Å². The molecule has 1 saturated carbocycles. The van der Waals surface area contributed by atoms with Gasteiger partial charge in [-0.25, -0.2) is 4.79 Å². The molecule has 20 heavy (non-hydrogen) atoms. The van der Waals surface area contributed by atoms with Gasteiger partial charge in [-0.1, -0.05) is 6.92 Å². The molecule has 1 atom stereocenters. The molecule has 3 N–H and O–H groups in total. The van der Waals surface area contributed by atoms with Crippen LogP contribution in [0.4, 0.5) is 4.79 Å². The molecule has 0 aromatic heterocycles. The number of carbonyl (C=O) groups excluding carboxylic acids is 1. The largest absolute Gasteiger partial charge is 0.480 e. The molecule has 0 aromatic rings. The van der Waals surface area contributed by atoms with E-state index >= 15 is 0 Å². The molecule has 0 aliphatic heterocycles. The molecule has 116 valence electrons. The second kappa shape index (κ2) is 8.36. The summed E-state index contributed by atoms with van der Waals surface area (Å²) >= 11 is 1.70. The number of carbonyl (C=O) groups is 2. The normalized spacial score (nSPS) is 23.0. The first-order chi connectivity index (χ1) is 9.46. The van der Waals surface area contributed by atoms with E-state index in [2.05, 4.69) is 10.6 Å². The maximum Gasteiger partial charge on any atom is 0.317 e. The van der Waals surface area contributed by atoms with E-state index in [9.17, 15) is 9.59 Å². The number of carboxylic acid groups (broad SMARTS) is 1. The van der Waals surface area contributed by atoms with Crippen LogP contribution in [0.25, 0.3) is 0 Å². The zero-order valence-electron chi connectivity index (χ0n) is 12.4. The van der Waals surface area contributed by atoms with E-state index in [4.69, 9.17) is 5.11 Å². The molecule has 2 amide bonds. The van der Waals surface area contributed by atoms with Gasteiger partial charge in [0.15, 0.2) is 0 Å². The third-order valence-electron chi connectivity index (χ3n) is 3.50. The van der Waals surface area contributed by atoms with Gasteiger partial charge in [0.25, 0.3) is 0 Å². The molecule has 1 aliphatic carbocycles. The topological polar surface area (TPSA) is 81.7 Å². The van der Waals surface area contributed by atoms with E-state index < -0.39 is 5.97 Å². The van der Waals surface area contributed by atoms with Gasteiger partial charge in [0, 0.05) is 23.9 Å². The Hall–Kier alpha value is -0.950. The highest BCUT2D eigenvalue weighted by Crippen LogP contribution is 2.25. The van der Waals surface area contributed by atoms with E-state index in [-0.39, 0.29) is 30.7 Å². The van der Waals surface area contributed by atoms with Crippen molar-refractivity contribution in [3.05, 3.63) is 0 Å². The molecule has 7 heteroatoms. The average molecular weight is 303 g/mol. The molecule has 6 nitrogen and oxygen atoms in total. The van der Waals surface area contributed by atoms with Gasteiger partial charge in [0.1, 0.15) is 0 Å². The van der Waals surface area contributed by atoms with Gasteiger partial charge >= 0.3 is 12.0 Å². The van der Waals surface area contributed by atoms with Crippen molar-refractivity contribution in [2.75, 3.05) is 25.1 Å². The van der Waals surface area contributed by atoms with Crippen molar-refractivity contribution in [3.63, 3.8) is 0 Å². The van der Waals surface area contributed by atoms with Crippen LogP contribution in [-0.4, -0.2) is 65.2 Å². The van der Waals surface area contributed by atoms with Crippen LogP contribution in [0, 0.1) is 0 Å². The highest BCUT2D eigenvalue weighted by atomic mass is 32.2. The van der Waals surface area contributed by atoms with Crippen LogP contribution in [-0.2, 0) is 4.79 Å². The lowest BCUT2D eigenvalue weighted by Crippen LogP contribution is -2.57. The number of hydrogen-bond donors (Lipinski definition) is 3. The minimum atomic E-state index is -0.799. The molecule has 1 fully saturated rings. The molecule has 0 radical (unpaired) electrons. The number of aliphatic carboxylic acids is 1. The SMILES string of the molecule is CCN(CC(=O)O)C1CC(NC(=O)NC(C)CSC)C1. The maximum absolute atomic E-state index is 11.7. The van der Waals surface area contributed by atoms with E-state index in [1.54, 1.807) is 11.8 Å². The molecule has 0 spiro atoms. The number of rotatable bonds is 8. The highest BCUT2D eigenvalue weighted by molar-refractivity contribution is 7.98. The van der Waals surface area contributed by atoms with Crippen molar-refractivity contribution >= 4 is 23.8 Å². The summed E-state index contributed by atoms with van der Waals surface area (Å²) in [6.45, 7) is 4.73. The Morgan fingerprint density at radius 3 is 2.60 bits per heavy atom. The first-order valence-electron chi connectivity index (χ1n) is 6.98.